The number of hydrogen-bond acceptors (Lipinski definition) is 6. The van der Waals surface area contributed by atoms with Gasteiger partial charge in [0, 0.05) is 5.56 Å². The van der Waals surface area contributed by atoms with E-state index in [2.05, 4.69) is 4.74 Å². The summed E-state index contributed by atoms with van der Waals surface area (Å²) in [5.41, 5.74) is 0.400. The van der Waals surface area contributed by atoms with Crippen molar-refractivity contribution in [2.45, 2.75) is 6.92 Å². The molecule has 0 fully saturated rings. The van der Waals surface area contributed by atoms with Gasteiger partial charge in [0.25, 0.3) is 0 Å². The zero-order valence-electron chi connectivity index (χ0n) is 10.6. The molecule has 7 nitrogen and oxygen atoms in total. The van der Waals surface area contributed by atoms with Gasteiger partial charge in [-0.1, -0.05) is 0 Å². The van der Waals surface area contributed by atoms with Crippen LogP contribution in [0.25, 0.3) is 0 Å². The minimum atomic E-state index is -1.84. The highest BCUT2D eigenvalue weighted by atomic mass is 16.6. The predicted octanol–water partition coefficient (Wildman–Crippen LogP) is 0.780. The third-order valence-corrected chi connectivity index (χ3v) is 2.37. The van der Waals surface area contributed by atoms with Gasteiger partial charge in [0.15, 0.2) is 11.5 Å². The third kappa shape index (κ3) is 3.01. The molecule has 0 bridgehead atoms. The Balaban J connectivity index is 3.11. The molecule has 1 rings (SSSR count). The van der Waals surface area contributed by atoms with E-state index < -0.39 is 17.9 Å². The minimum absolute atomic E-state index is 0.0206. The maximum atomic E-state index is 11.6. The fourth-order valence-corrected chi connectivity index (χ4v) is 1.49. The van der Waals surface area contributed by atoms with Crippen molar-refractivity contribution in [1.82, 2.24) is 0 Å². The highest BCUT2D eigenvalue weighted by Crippen LogP contribution is 2.32. The van der Waals surface area contributed by atoms with Crippen molar-refractivity contribution >= 4 is 17.9 Å². The lowest BCUT2D eigenvalue weighted by Gasteiger charge is -2.12. The largest absolute Gasteiger partial charge is 0.493 e. The molecule has 1 aromatic carbocycles. The third-order valence-electron chi connectivity index (χ3n) is 2.37. The SMILES string of the molecule is COc1ccc(C(=O)OC(=O)C(=O)O)c(C)c1OC. The summed E-state index contributed by atoms with van der Waals surface area (Å²) in [6, 6.07) is 2.81. The Morgan fingerprint density at radius 3 is 2.21 bits per heavy atom. The lowest BCUT2D eigenvalue weighted by Crippen LogP contribution is -2.21. The molecule has 0 heterocycles. The summed E-state index contributed by atoms with van der Waals surface area (Å²) < 4.78 is 14.3. The second-order valence-corrected chi connectivity index (χ2v) is 3.46. The summed E-state index contributed by atoms with van der Waals surface area (Å²) in [6.45, 7) is 1.56. The second kappa shape index (κ2) is 5.85. The van der Waals surface area contributed by atoms with Crippen LogP contribution in [0.15, 0.2) is 12.1 Å². The molecule has 0 saturated heterocycles. The molecule has 1 N–H and O–H groups in total. The van der Waals surface area contributed by atoms with Crippen molar-refractivity contribution in [3.8, 4) is 11.5 Å². The van der Waals surface area contributed by atoms with Crippen LogP contribution in [0.2, 0.25) is 0 Å². The maximum absolute atomic E-state index is 11.6. The summed E-state index contributed by atoms with van der Waals surface area (Å²) in [5, 5.41) is 8.36. The van der Waals surface area contributed by atoms with Gasteiger partial charge < -0.3 is 19.3 Å². The molecule has 0 aliphatic heterocycles. The maximum Gasteiger partial charge on any atom is 0.425 e. The normalized spacial score (nSPS) is 9.63. The van der Waals surface area contributed by atoms with Crippen molar-refractivity contribution in [1.29, 1.82) is 0 Å². The molecule has 0 aliphatic rings. The summed E-state index contributed by atoms with van der Waals surface area (Å²) in [7, 11) is 2.83. The fourth-order valence-electron chi connectivity index (χ4n) is 1.49. The Kier molecular flexibility index (Phi) is 4.46. The Hall–Kier alpha value is -2.57. The van der Waals surface area contributed by atoms with Crippen LogP contribution in [-0.2, 0) is 14.3 Å². The van der Waals surface area contributed by atoms with Crippen LogP contribution in [0.4, 0.5) is 0 Å². The molecule has 0 amide bonds. The molecule has 7 heteroatoms. The van der Waals surface area contributed by atoms with Gasteiger partial charge >= 0.3 is 17.9 Å². The summed E-state index contributed by atoms with van der Waals surface area (Å²) in [4.78, 5) is 32.8. The van der Waals surface area contributed by atoms with E-state index in [1.54, 1.807) is 6.92 Å². The average Bonchev–Trinajstić information content (AvgIpc) is 2.37. The topological polar surface area (TPSA) is 99.1 Å². The number of benzene rings is 1. The van der Waals surface area contributed by atoms with E-state index in [4.69, 9.17) is 14.6 Å². The summed E-state index contributed by atoms with van der Waals surface area (Å²) in [6.07, 6.45) is 0. The van der Waals surface area contributed by atoms with Gasteiger partial charge in [-0.2, -0.15) is 0 Å². The molecule has 102 valence electrons. The molecule has 0 atom stereocenters. The first-order valence-electron chi connectivity index (χ1n) is 5.13. The highest BCUT2D eigenvalue weighted by Gasteiger charge is 2.23. The van der Waals surface area contributed by atoms with Crippen molar-refractivity contribution in [2.75, 3.05) is 14.2 Å². The zero-order valence-corrected chi connectivity index (χ0v) is 10.6. The Bertz CT molecular complexity index is 533. The Morgan fingerprint density at radius 2 is 1.74 bits per heavy atom. The van der Waals surface area contributed by atoms with Gasteiger partial charge in [0.2, 0.25) is 0 Å². The number of rotatable bonds is 3. The number of carbonyl (C=O) groups is 3. The van der Waals surface area contributed by atoms with Crippen molar-refractivity contribution < 1.29 is 33.7 Å². The van der Waals surface area contributed by atoms with Crippen LogP contribution in [0.1, 0.15) is 15.9 Å². The van der Waals surface area contributed by atoms with Gasteiger partial charge in [0.1, 0.15) is 0 Å². The monoisotopic (exact) mass is 268 g/mol. The molecule has 0 aromatic heterocycles. The number of carbonyl (C=O) groups excluding carboxylic acids is 2. The lowest BCUT2D eigenvalue weighted by atomic mass is 10.1. The molecular formula is C12H12O7. The highest BCUT2D eigenvalue weighted by molar-refractivity contribution is 6.31. The first-order valence-corrected chi connectivity index (χ1v) is 5.13. The summed E-state index contributed by atoms with van der Waals surface area (Å²) in [5.74, 6) is -3.84. The van der Waals surface area contributed by atoms with Crippen LogP contribution in [-0.4, -0.2) is 37.2 Å². The molecule has 0 unspecified atom stereocenters. The van der Waals surface area contributed by atoms with Crippen LogP contribution < -0.4 is 9.47 Å². The molecule has 1 aromatic rings. The predicted molar refractivity (Wildman–Crippen MR) is 62.3 cm³/mol. The van der Waals surface area contributed by atoms with Crippen molar-refractivity contribution in [2.24, 2.45) is 0 Å². The van der Waals surface area contributed by atoms with Crippen LogP contribution in [0, 0.1) is 6.92 Å². The van der Waals surface area contributed by atoms with Gasteiger partial charge in [-0.25, -0.2) is 14.4 Å². The fraction of sp³-hybridized carbons (Fsp3) is 0.250. The van der Waals surface area contributed by atoms with E-state index in [0.29, 0.717) is 17.1 Å². The number of aliphatic carboxylic acids is 1. The quantitative estimate of drug-likeness (QED) is 0.491. The van der Waals surface area contributed by atoms with Crippen LogP contribution in [0.3, 0.4) is 0 Å². The van der Waals surface area contributed by atoms with Gasteiger partial charge in [-0.05, 0) is 19.1 Å². The number of ether oxygens (including phenoxy) is 3. The van der Waals surface area contributed by atoms with E-state index in [1.807, 2.05) is 0 Å². The number of carboxylic acid groups (broad SMARTS) is 1. The number of carboxylic acids is 1. The first kappa shape index (κ1) is 14.5. The van der Waals surface area contributed by atoms with Crippen LogP contribution >= 0.6 is 0 Å². The van der Waals surface area contributed by atoms with Gasteiger partial charge in [-0.3, -0.25) is 0 Å². The molecule has 0 saturated carbocycles. The standard InChI is InChI=1S/C12H12O7/c1-6-7(11(15)19-12(16)10(13)14)4-5-8(17-2)9(6)18-3/h4-5H,1-3H3,(H,13,14). The Morgan fingerprint density at radius 1 is 1.11 bits per heavy atom. The van der Waals surface area contributed by atoms with Gasteiger partial charge in [0.05, 0.1) is 19.8 Å². The smallest absolute Gasteiger partial charge is 0.425 e. The van der Waals surface area contributed by atoms with Crippen molar-refractivity contribution in [3.63, 3.8) is 0 Å². The summed E-state index contributed by atoms with van der Waals surface area (Å²) >= 11 is 0. The number of esters is 2. The minimum Gasteiger partial charge on any atom is -0.493 e. The molecule has 19 heavy (non-hydrogen) atoms. The lowest BCUT2D eigenvalue weighted by molar-refractivity contribution is -0.160. The van der Waals surface area contributed by atoms with Gasteiger partial charge in [-0.15, -0.1) is 0 Å². The molecule has 0 spiro atoms. The molecule has 0 radical (unpaired) electrons. The van der Waals surface area contributed by atoms with E-state index in [-0.39, 0.29) is 5.56 Å². The number of methoxy groups -OCH3 is 2. The van der Waals surface area contributed by atoms with Crippen LogP contribution in [0.5, 0.6) is 11.5 Å². The number of hydrogen-bond donors (Lipinski definition) is 1. The van der Waals surface area contributed by atoms with E-state index in [9.17, 15) is 14.4 Å². The second-order valence-electron chi connectivity index (χ2n) is 3.46. The van der Waals surface area contributed by atoms with E-state index >= 15 is 0 Å². The van der Waals surface area contributed by atoms with E-state index in [0.717, 1.165) is 0 Å². The average molecular weight is 268 g/mol. The van der Waals surface area contributed by atoms with E-state index in [1.165, 1.54) is 26.4 Å². The molecular weight excluding hydrogens is 256 g/mol. The van der Waals surface area contributed by atoms with Crippen molar-refractivity contribution in [3.05, 3.63) is 23.3 Å². The zero-order chi connectivity index (χ0) is 14.6. The first-order chi connectivity index (χ1) is 8.92. The molecule has 0 aliphatic carbocycles. The Labute approximate surface area is 108 Å².